The van der Waals surface area contributed by atoms with Crippen LogP contribution in [-0.2, 0) is 23.9 Å². The summed E-state index contributed by atoms with van der Waals surface area (Å²) in [7, 11) is 1.20. The molecule has 0 spiro atoms. The summed E-state index contributed by atoms with van der Waals surface area (Å²) >= 11 is 0. The summed E-state index contributed by atoms with van der Waals surface area (Å²) in [5.41, 5.74) is 4.33. The highest BCUT2D eigenvalue weighted by Crippen LogP contribution is 2.44. The predicted octanol–water partition coefficient (Wildman–Crippen LogP) is 2.83. The van der Waals surface area contributed by atoms with E-state index in [9.17, 15) is 24.3 Å². The molecule has 0 aliphatic heterocycles. The van der Waals surface area contributed by atoms with Crippen LogP contribution in [0.15, 0.2) is 48.5 Å². The van der Waals surface area contributed by atoms with Crippen molar-refractivity contribution in [1.29, 1.82) is 0 Å². The minimum atomic E-state index is -1.29. The molecule has 0 fully saturated rings. The lowest BCUT2D eigenvalue weighted by Gasteiger charge is -2.21. The first-order valence-corrected chi connectivity index (χ1v) is 11.1. The molecule has 3 N–H and O–H groups in total. The number of carbonyl (C=O) groups excluding carboxylic acids is 3. The number of carbonyl (C=O) groups is 4. The molecule has 0 bridgehead atoms. The first-order chi connectivity index (χ1) is 16.3. The van der Waals surface area contributed by atoms with Crippen molar-refractivity contribution in [2.24, 2.45) is 0 Å². The number of rotatable bonds is 10. The van der Waals surface area contributed by atoms with E-state index in [0.29, 0.717) is 0 Å². The highest BCUT2D eigenvalue weighted by Gasteiger charge is 2.30. The van der Waals surface area contributed by atoms with E-state index in [2.05, 4.69) is 15.4 Å². The molecular formula is C25H28N2O7. The summed E-state index contributed by atoms with van der Waals surface area (Å²) in [5.74, 6) is -2.66. The van der Waals surface area contributed by atoms with E-state index >= 15 is 0 Å². The molecule has 0 saturated heterocycles. The van der Waals surface area contributed by atoms with Gasteiger partial charge in [-0.05, 0) is 35.1 Å². The first-order valence-electron chi connectivity index (χ1n) is 11.1. The fourth-order valence-electron chi connectivity index (χ4n) is 4.03. The van der Waals surface area contributed by atoms with Crippen molar-refractivity contribution in [2.45, 2.75) is 44.2 Å². The summed E-state index contributed by atoms with van der Waals surface area (Å²) in [6.45, 7) is 1.77. The minimum Gasteiger partial charge on any atom is -0.480 e. The van der Waals surface area contributed by atoms with Crippen LogP contribution in [0.1, 0.15) is 43.2 Å². The number of benzene rings is 2. The fraction of sp³-hybridized carbons (Fsp3) is 0.360. The summed E-state index contributed by atoms with van der Waals surface area (Å²) in [5, 5.41) is 14.2. The van der Waals surface area contributed by atoms with E-state index in [1.54, 1.807) is 6.92 Å². The number of hydrogen-bond acceptors (Lipinski definition) is 6. The van der Waals surface area contributed by atoms with Crippen LogP contribution in [0.4, 0.5) is 4.79 Å². The number of fused-ring (bicyclic) bond motifs is 3. The fourth-order valence-corrected chi connectivity index (χ4v) is 4.03. The van der Waals surface area contributed by atoms with Gasteiger partial charge in [-0.15, -0.1) is 0 Å². The molecule has 3 rings (SSSR count). The van der Waals surface area contributed by atoms with Crippen LogP contribution < -0.4 is 10.6 Å². The largest absolute Gasteiger partial charge is 0.480 e. The number of alkyl carbamates (subject to hydrolysis) is 1. The van der Waals surface area contributed by atoms with Crippen LogP contribution in [0, 0.1) is 0 Å². The zero-order chi connectivity index (χ0) is 24.7. The van der Waals surface area contributed by atoms with Gasteiger partial charge in [0.05, 0.1) is 7.11 Å². The van der Waals surface area contributed by atoms with Gasteiger partial charge in [-0.2, -0.15) is 0 Å². The molecule has 0 aromatic heterocycles. The van der Waals surface area contributed by atoms with Gasteiger partial charge >= 0.3 is 18.0 Å². The third-order valence-corrected chi connectivity index (χ3v) is 5.84. The molecule has 9 heteroatoms. The molecule has 9 nitrogen and oxygen atoms in total. The van der Waals surface area contributed by atoms with Gasteiger partial charge < -0.3 is 25.2 Å². The number of methoxy groups -OCH3 is 1. The highest BCUT2D eigenvalue weighted by atomic mass is 16.5. The van der Waals surface area contributed by atoms with Crippen LogP contribution in [0.2, 0.25) is 0 Å². The maximum absolute atomic E-state index is 12.6. The van der Waals surface area contributed by atoms with Gasteiger partial charge in [-0.1, -0.05) is 55.5 Å². The minimum absolute atomic E-state index is 0.0921. The van der Waals surface area contributed by atoms with Gasteiger partial charge in [0.2, 0.25) is 5.91 Å². The Balaban J connectivity index is 1.58. The van der Waals surface area contributed by atoms with E-state index in [1.165, 1.54) is 7.11 Å². The van der Waals surface area contributed by atoms with Gasteiger partial charge in [-0.25, -0.2) is 9.59 Å². The summed E-state index contributed by atoms with van der Waals surface area (Å²) < 4.78 is 9.96. The average Bonchev–Trinajstić information content (AvgIpc) is 3.16. The number of carboxylic acids is 1. The number of carboxylic acid groups (broad SMARTS) is 1. The Hall–Kier alpha value is -3.88. The van der Waals surface area contributed by atoms with Crippen molar-refractivity contribution in [3.8, 4) is 11.1 Å². The molecule has 1 aliphatic rings. The van der Waals surface area contributed by atoms with Gasteiger partial charge in [0.25, 0.3) is 0 Å². The maximum atomic E-state index is 12.6. The number of amides is 2. The maximum Gasteiger partial charge on any atom is 0.407 e. The molecule has 0 saturated carbocycles. The number of ether oxygens (including phenoxy) is 2. The molecule has 180 valence electrons. The third-order valence-electron chi connectivity index (χ3n) is 5.84. The second-order valence-electron chi connectivity index (χ2n) is 7.94. The standard InChI is InChI=1S/C25H28N2O7/c1-3-20(23(29)26-21(24(30)31)12-13-22(28)33-2)27-25(32)34-14-19-17-10-6-4-8-15(17)16-9-5-7-11-18(16)19/h4-11,19-21H,3,12-14H2,1-2H3,(H,26,29)(H,27,32)(H,30,31)/t20-,21-/m1/s1. The van der Waals surface area contributed by atoms with Crippen LogP contribution in [0.5, 0.6) is 0 Å². The van der Waals surface area contributed by atoms with Crippen molar-refractivity contribution >= 4 is 23.9 Å². The van der Waals surface area contributed by atoms with E-state index in [1.807, 2.05) is 48.5 Å². The summed E-state index contributed by atoms with van der Waals surface area (Å²) in [6.07, 6.45) is -0.843. The van der Waals surface area contributed by atoms with Gasteiger partial charge in [0, 0.05) is 12.3 Å². The van der Waals surface area contributed by atoms with Crippen LogP contribution in [0.3, 0.4) is 0 Å². The molecule has 2 amide bonds. The number of nitrogens with one attached hydrogen (secondary N) is 2. The van der Waals surface area contributed by atoms with E-state index in [4.69, 9.17) is 4.74 Å². The van der Waals surface area contributed by atoms with Crippen LogP contribution in [0.25, 0.3) is 11.1 Å². The number of aliphatic carboxylic acids is 1. The number of hydrogen-bond donors (Lipinski definition) is 3. The van der Waals surface area contributed by atoms with Crippen molar-refractivity contribution in [2.75, 3.05) is 13.7 Å². The SMILES string of the molecule is CC[C@@H](NC(=O)OCC1c2ccccc2-c2ccccc21)C(=O)N[C@H](CCC(=O)OC)C(=O)O. The van der Waals surface area contributed by atoms with Crippen molar-refractivity contribution < 1.29 is 33.8 Å². The van der Waals surface area contributed by atoms with E-state index in [0.717, 1.165) is 22.3 Å². The third kappa shape index (κ3) is 5.72. The Morgan fingerprint density at radius 1 is 0.941 bits per heavy atom. The topological polar surface area (TPSA) is 131 Å². The van der Waals surface area contributed by atoms with E-state index in [-0.39, 0.29) is 31.8 Å². The molecule has 1 aliphatic carbocycles. The van der Waals surface area contributed by atoms with Crippen LogP contribution >= 0.6 is 0 Å². The quantitative estimate of drug-likeness (QED) is 0.457. The smallest absolute Gasteiger partial charge is 0.407 e. The van der Waals surface area contributed by atoms with Gasteiger partial charge in [0.1, 0.15) is 18.7 Å². The molecule has 2 aromatic rings. The van der Waals surface area contributed by atoms with Gasteiger partial charge in [0.15, 0.2) is 0 Å². The van der Waals surface area contributed by atoms with Crippen molar-refractivity contribution in [3.05, 3.63) is 59.7 Å². The zero-order valence-corrected chi connectivity index (χ0v) is 19.1. The molecule has 2 atom stereocenters. The Morgan fingerprint density at radius 2 is 1.53 bits per heavy atom. The molecule has 2 aromatic carbocycles. The Bertz CT molecular complexity index is 1020. The normalized spacial score (nSPS) is 13.7. The molecule has 0 radical (unpaired) electrons. The highest BCUT2D eigenvalue weighted by molar-refractivity contribution is 5.89. The molecule has 0 heterocycles. The average molecular weight is 469 g/mol. The molecular weight excluding hydrogens is 440 g/mol. The Morgan fingerprint density at radius 3 is 2.06 bits per heavy atom. The van der Waals surface area contributed by atoms with Crippen molar-refractivity contribution in [1.82, 2.24) is 10.6 Å². The second kappa shape index (κ2) is 11.3. The van der Waals surface area contributed by atoms with Crippen molar-refractivity contribution in [3.63, 3.8) is 0 Å². The number of esters is 1. The summed E-state index contributed by atoms with van der Waals surface area (Å²) in [6, 6.07) is 13.6. The lowest BCUT2D eigenvalue weighted by atomic mass is 9.98. The zero-order valence-electron chi connectivity index (χ0n) is 19.1. The molecule has 0 unspecified atom stereocenters. The lowest BCUT2D eigenvalue weighted by molar-refractivity contribution is -0.144. The monoisotopic (exact) mass is 468 g/mol. The predicted molar refractivity (Wildman–Crippen MR) is 123 cm³/mol. The van der Waals surface area contributed by atoms with Crippen LogP contribution in [-0.4, -0.2) is 54.8 Å². The Labute approximate surface area is 197 Å². The van der Waals surface area contributed by atoms with Gasteiger partial charge in [-0.3, -0.25) is 9.59 Å². The summed E-state index contributed by atoms with van der Waals surface area (Å²) in [4.78, 5) is 47.8. The van der Waals surface area contributed by atoms with E-state index < -0.39 is 36.0 Å². The lowest BCUT2D eigenvalue weighted by Crippen LogP contribution is -2.51. The molecule has 34 heavy (non-hydrogen) atoms. The first kappa shape index (κ1) is 24.8. The second-order valence-corrected chi connectivity index (χ2v) is 7.94. The Kier molecular flexibility index (Phi) is 8.24.